The highest BCUT2D eigenvalue weighted by molar-refractivity contribution is 5.47. The lowest BCUT2D eigenvalue weighted by Crippen LogP contribution is -2.09. The molecule has 1 heterocycles. The van der Waals surface area contributed by atoms with Crippen LogP contribution < -0.4 is 10.6 Å². The van der Waals surface area contributed by atoms with Crippen LogP contribution in [0.25, 0.3) is 0 Å². The fourth-order valence-electron chi connectivity index (χ4n) is 1.38. The number of ether oxygens (including phenoxy) is 1. The molecule has 0 aliphatic carbocycles. The first kappa shape index (κ1) is 13.7. The first-order chi connectivity index (χ1) is 8.30. The largest absolute Gasteiger partial charge is 0.377 e. The molecule has 0 saturated carbocycles. The minimum atomic E-state index is 0.433. The van der Waals surface area contributed by atoms with E-state index in [-0.39, 0.29) is 0 Å². The van der Waals surface area contributed by atoms with Crippen molar-refractivity contribution in [1.29, 1.82) is 0 Å². The van der Waals surface area contributed by atoms with E-state index < -0.39 is 0 Å². The third kappa shape index (κ3) is 4.99. The zero-order valence-corrected chi connectivity index (χ0v) is 10.9. The minimum Gasteiger partial charge on any atom is -0.377 e. The summed E-state index contributed by atoms with van der Waals surface area (Å²) in [6, 6.07) is 1.94. The van der Waals surface area contributed by atoms with Gasteiger partial charge in [0, 0.05) is 26.3 Å². The summed E-state index contributed by atoms with van der Waals surface area (Å²) < 4.78 is 5.07. The molecule has 0 aromatic carbocycles. The summed E-state index contributed by atoms with van der Waals surface area (Å²) in [5.41, 5.74) is 0. The lowest BCUT2D eigenvalue weighted by Gasteiger charge is -2.10. The van der Waals surface area contributed by atoms with Crippen molar-refractivity contribution in [2.45, 2.75) is 33.3 Å². The van der Waals surface area contributed by atoms with Crippen molar-refractivity contribution in [3.8, 4) is 0 Å². The Bertz CT molecular complexity index is 304. The van der Waals surface area contributed by atoms with Crippen molar-refractivity contribution in [3.63, 3.8) is 0 Å². The highest BCUT2D eigenvalue weighted by Crippen LogP contribution is 2.12. The standard InChI is InChI=1S/C12H22N4O/c1-4-6-13-10-8-11(14-7-5-2)16-12(15-10)9-17-3/h8H,4-7,9H2,1-3H3,(H2,13,14,15,16). The number of rotatable bonds is 8. The Morgan fingerprint density at radius 2 is 1.59 bits per heavy atom. The molecule has 0 amide bonds. The molecule has 1 aromatic heterocycles. The zero-order valence-electron chi connectivity index (χ0n) is 10.9. The molecule has 0 aliphatic heterocycles. The summed E-state index contributed by atoms with van der Waals surface area (Å²) in [4.78, 5) is 8.76. The summed E-state index contributed by atoms with van der Waals surface area (Å²) in [5, 5.41) is 6.53. The topological polar surface area (TPSA) is 59.1 Å². The molecule has 5 nitrogen and oxygen atoms in total. The summed E-state index contributed by atoms with van der Waals surface area (Å²) in [5.74, 6) is 2.41. The number of hydrogen-bond donors (Lipinski definition) is 2. The number of hydrogen-bond acceptors (Lipinski definition) is 5. The maximum absolute atomic E-state index is 5.07. The molecular formula is C12H22N4O. The Morgan fingerprint density at radius 3 is 2.00 bits per heavy atom. The molecule has 1 aromatic rings. The van der Waals surface area contributed by atoms with E-state index in [1.54, 1.807) is 7.11 Å². The van der Waals surface area contributed by atoms with E-state index in [4.69, 9.17) is 4.74 Å². The molecule has 1 rings (SSSR count). The normalized spacial score (nSPS) is 10.3. The van der Waals surface area contributed by atoms with Crippen LogP contribution in [0, 0.1) is 0 Å². The summed E-state index contributed by atoms with van der Waals surface area (Å²) in [7, 11) is 1.65. The molecule has 0 spiro atoms. The Hall–Kier alpha value is -1.36. The van der Waals surface area contributed by atoms with Gasteiger partial charge in [-0.25, -0.2) is 9.97 Å². The van der Waals surface area contributed by atoms with Crippen LogP contribution in [-0.4, -0.2) is 30.2 Å². The molecular weight excluding hydrogens is 216 g/mol. The highest BCUT2D eigenvalue weighted by Gasteiger charge is 2.03. The fraction of sp³-hybridized carbons (Fsp3) is 0.667. The van der Waals surface area contributed by atoms with E-state index >= 15 is 0 Å². The quantitative estimate of drug-likeness (QED) is 0.727. The van der Waals surface area contributed by atoms with Crippen molar-refractivity contribution in [3.05, 3.63) is 11.9 Å². The van der Waals surface area contributed by atoms with E-state index in [0.717, 1.165) is 37.6 Å². The van der Waals surface area contributed by atoms with Crippen molar-refractivity contribution in [1.82, 2.24) is 9.97 Å². The van der Waals surface area contributed by atoms with Crippen molar-refractivity contribution >= 4 is 11.6 Å². The number of nitrogens with one attached hydrogen (secondary N) is 2. The minimum absolute atomic E-state index is 0.433. The lowest BCUT2D eigenvalue weighted by molar-refractivity contribution is 0.178. The number of anilines is 2. The van der Waals surface area contributed by atoms with Gasteiger partial charge >= 0.3 is 0 Å². The summed E-state index contributed by atoms with van der Waals surface area (Å²) >= 11 is 0. The Kier molecular flexibility index (Phi) is 6.32. The first-order valence-electron chi connectivity index (χ1n) is 6.14. The van der Waals surface area contributed by atoms with Gasteiger partial charge in [0.2, 0.25) is 0 Å². The van der Waals surface area contributed by atoms with Crippen LogP contribution in [0.2, 0.25) is 0 Å². The smallest absolute Gasteiger partial charge is 0.158 e. The Labute approximate surface area is 103 Å². The second-order valence-corrected chi connectivity index (χ2v) is 3.84. The van der Waals surface area contributed by atoms with Crippen molar-refractivity contribution in [2.75, 3.05) is 30.8 Å². The molecule has 0 atom stereocenters. The fourth-order valence-corrected chi connectivity index (χ4v) is 1.38. The SMILES string of the molecule is CCCNc1cc(NCCC)nc(COC)n1. The average molecular weight is 238 g/mol. The van der Waals surface area contributed by atoms with Gasteiger partial charge in [0.25, 0.3) is 0 Å². The predicted octanol–water partition coefficient (Wildman–Crippen LogP) is 2.27. The molecule has 0 saturated heterocycles. The molecule has 0 aliphatic rings. The van der Waals surface area contributed by atoms with Crippen LogP contribution in [0.3, 0.4) is 0 Å². The van der Waals surface area contributed by atoms with Crippen LogP contribution >= 0.6 is 0 Å². The summed E-state index contributed by atoms with van der Waals surface area (Å²) in [6.45, 7) is 6.51. The number of aromatic nitrogens is 2. The molecule has 0 radical (unpaired) electrons. The lowest BCUT2D eigenvalue weighted by atomic mass is 10.4. The monoisotopic (exact) mass is 238 g/mol. The van der Waals surface area contributed by atoms with Gasteiger partial charge in [-0.05, 0) is 12.8 Å². The molecule has 0 unspecified atom stereocenters. The van der Waals surface area contributed by atoms with E-state index in [1.165, 1.54) is 0 Å². The Balaban J connectivity index is 2.76. The van der Waals surface area contributed by atoms with Crippen LogP contribution in [0.1, 0.15) is 32.5 Å². The second kappa shape index (κ2) is 7.84. The maximum atomic E-state index is 5.07. The third-order valence-electron chi connectivity index (χ3n) is 2.16. The second-order valence-electron chi connectivity index (χ2n) is 3.84. The molecule has 96 valence electrons. The van der Waals surface area contributed by atoms with Crippen molar-refractivity contribution < 1.29 is 4.74 Å². The van der Waals surface area contributed by atoms with Crippen LogP contribution in [0.5, 0.6) is 0 Å². The van der Waals surface area contributed by atoms with Crippen LogP contribution in [-0.2, 0) is 11.3 Å². The Morgan fingerprint density at radius 1 is 1.06 bits per heavy atom. The van der Waals surface area contributed by atoms with Gasteiger partial charge in [0.15, 0.2) is 5.82 Å². The molecule has 17 heavy (non-hydrogen) atoms. The first-order valence-corrected chi connectivity index (χ1v) is 6.14. The van der Waals surface area contributed by atoms with E-state index in [1.807, 2.05) is 6.07 Å². The molecule has 0 bridgehead atoms. The average Bonchev–Trinajstić information content (AvgIpc) is 2.34. The van der Waals surface area contributed by atoms with Crippen LogP contribution in [0.15, 0.2) is 6.07 Å². The van der Waals surface area contributed by atoms with Gasteiger partial charge in [-0.1, -0.05) is 13.8 Å². The van der Waals surface area contributed by atoms with Gasteiger partial charge < -0.3 is 15.4 Å². The van der Waals surface area contributed by atoms with Crippen LogP contribution in [0.4, 0.5) is 11.6 Å². The highest BCUT2D eigenvalue weighted by atomic mass is 16.5. The zero-order chi connectivity index (χ0) is 12.5. The predicted molar refractivity (Wildman–Crippen MR) is 70.3 cm³/mol. The number of methoxy groups -OCH3 is 1. The molecule has 2 N–H and O–H groups in total. The van der Waals surface area contributed by atoms with E-state index in [9.17, 15) is 0 Å². The van der Waals surface area contributed by atoms with E-state index in [2.05, 4.69) is 34.4 Å². The molecule has 5 heteroatoms. The van der Waals surface area contributed by atoms with Gasteiger partial charge in [0.05, 0.1) is 0 Å². The van der Waals surface area contributed by atoms with Gasteiger partial charge in [-0.3, -0.25) is 0 Å². The number of nitrogens with zero attached hydrogens (tertiary/aromatic N) is 2. The van der Waals surface area contributed by atoms with Gasteiger partial charge in [-0.2, -0.15) is 0 Å². The van der Waals surface area contributed by atoms with E-state index in [0.29, 0.717) is 12.4 Å². The third-order valence-corrected chi connectivity index (χ3v) is 2.16. The van der Waals surface area contributed by atoms with Gasteiger partial charge in [0.1, 0.15) is 18.2 Å². The molecule has 0 fully saturated rings. The van der Waals surface area contributed by atoms with Crippen molar-refractivity contribution in [2.24, 2.45) is 0 Å². The maximum Gasteiger partial charge on any atom is 0.158 e. The summed E-state index contributed by atoms with van der Waals surface area (Å²) in [6.07, 6.45) is 2.14. The van der Waals surface area contributed by atoms with Gasteiger partial charge in [-0.15, -0.1) is 0 Å².